The van der Waals surface area contributed by atoms with Crippen LogP contribution in [0.4, 0.5) is 0 Å². The van der Waals surface area contributed by atoms with Gasteiger partial charge in [0.25, 0.3) is 0 Å². The van der Waals surface area contributed by atoms with Crippen LogP contribution in [-0.4, -0.2) is 15.2 Å². The van der Waals surface area contributed by atoms with E-state index in [4.69, 9.17) is 9.47 Å². The minimum Gasteiger partial charge on any atom is -0.619 e. The van der Waals surface area contributed by atoms with Crippen molar-refractivity contribution in [2.24, 2.45) is 0 Å². The summed E-state index contributed by atoms with van der Waals surface area (Å²) in [6.45, 7) is 27.2. The van der Waals surface area contributed by atoms with E-state index in [-0.39, 0.29) is 39.8 Å². The molecule has 0 saturated carbocycles. The molecule has 4 aromatic carbocycles. The van der Waals surface area contributed by atoms with Gasteiger partial charge in [-0.1, -0.05) is 132 Å². The minimum atomic E-state index is -0.220. The van der Waals surface area contributed by atoms with E-state index >= 15 is 0 Å². The molecule has 0 radical (unpaired) electrons. The maximum atomic E-state index is 12.4. The van der Waals surface area contributed by atoms with E-state index in [0.717, 1.165) is 94.1 Å². The Morgan fingerprint density at radius 1 is 0.460 bits per heavy atom. The monoisotopic (exact) mass is 846 g/mol. The predicted octanol–water partition coefficient (Wildman–Crippen LogP) is 12.2. The summed E-state index contributed by atoms with van der Waals surface area (Å²) in [5.74, 6) is 1.99. The van der Waals surface area contributed by atoms with Crippen molar-refractivity contribution in [2.45, 2.75) is 144 Å². The molecule has 0 amide bonds. The first kappa shape index (κ1) is 45.2. The molecule has 1 aliphatic carbocycles. The summed E-state index contributed by atoms with van der Waals surface area (Å²) in [5, 5.41) is 36.9. The normalized spacial score (nSPS) is 13.5. The van der Waals surface area contributed by atoms with E-state index in [1.165, 1.54) is 12.4 Å². The Morgan fingerprint density at radius 3 is 1.05 bits per heavy atom. The Bertz CT molecular complexity index is 2620. The Kier molecular flexibility index (Phi) is 12.2. The third-order valence-corrected chi connectivity index (χ3v) is 12.4. The van der Waals surface area contributed by atoms with E-state index in [2.05, 4.69) is 137 Å². The number of aromatic hydroxyl groups is 2. The first-order chi connectivity index (χ1) is 29.4. The molecule has 0 aliphatic heterocycles. The molecule has 0 atom stereocenters. The number of hydrogen-bond acceptors (Lipinski definition) is 6. The summed E-state index contributed by atoms with van der Waals surface area (Å²) in [6.07, 6.45) is 8.22. The summed E-state index contributed by atoms with van der Waals surface area (Å²) in [7, 11) is 0. The maximum absolute atomic E-state index is 12.4. The van der Waals surface area contributed by atoms with Gasteiger partial charge in [-0.15, -0.1) is 0 Å². The highest BCUT2D eigenvalue weighted by atomic mass is 16.5. The number of rotatable bonds is 6. The standard InChI is InChI=1S/C56H66N2O5/c1-53(2,3)45-25-37-21-38-26-46(54(4,5)6)28-40(50(38)60)23-42-30-48(56(10,11)12)32-44(52(42)63-34-36-15-19-58(61)20-16-36)24-43-31-47(55(7,8)9)29-41(22-39(27-45)49(37)59)51(43)62-33-35-13-17-57-18-14-35/h13-20,25-32,59-60H,21-24,33-34H2,1-12H3. The smallest absolute Gasteiger partial charge is 0.180 e. The average molecular weight is 847 g/mol. The number of hydrogen-bond donors (Lipinski definition) is 2. The lowest BCUT2D eigenvalue weighted by atomic mass is 9.79. The molecule has 0 spiro atoms. The Balaban J connectivity index is 1.57. The predicted molar refractivity (Wildman–Crippen MR) is 253 cm³/mol. The quantitative estimate of drug-likeness (QED) is 0.128. The van der Waals surface area contributed by atoms with Crippen molar-refractivity contribution in [1.29, 1.82) is 0 Å². The van der Waals surface area contributed by atoms with Gasteiger partial charge in [0.2, 0.25) is 0 Å². The molecular weight excluding hydrogens is 781 g/mol. The fraction of sp³-hybridized carbons (Fsp3) is 0.393. The van der Waals surface area contributed by atoms with Crippen LogP contribution in [0.25, 0.3) is 0 Å². The highest BCUT2D eigenvalue weighted by molar-refractivity contribution is 5.59. The molecule has 0 fully saturated rings. The molecule has 2 heterocycles. The van der Waals surface area contributed by atoms with Crippen molar-refractivity contribution >= 4 is 0 Å². The average Bonchev–Trinajstić information content (AvgIpc) is 3.19. The molecule has 6 aromatic rings. The fourth-order valence-electron chi connectivity index (χ4n) is 8.35. The SMILES string of the molecule is CC(C)(C)c1cc2c(O)c(c1)Cc1cc(C(C)(C)C)cc(c1OCc1ccncc1)Cc1cc(C(C)(C)C)cc(c1OCc1cc[n+]([O-])cc1)Cc1cc(C(C)(C)C)cc(c1O)C2. The van der Waals surface area contributed by atoms with Gasteiger partial charge in [0.1, 0.15) is 36.2 Å². The molecule has 2 aromatic heterocycles. The van der Waals surface area contributed by atoms with Gasteiger partial charge in [-0.25, -0.2) is 0 Å². The maximum Gasteiger partial charge on any atom is 0.180 e. The van der Waals surface area contributed by atoms with Crippen molar-refractivity contribution in [3.63, 3.8) is 0 Å². The van der Waals surface area contributed by atoms with Crippen molar-refractivity contribution in [1.82, 2.24) is 4.98 Å². The number of benzene rings is 4. The third-order valence-electron chi connectivity index (χ3n) is 12.4. The molecule has 330 valence electrons. The number of phenolic OH excluding ortho intramolecular Hbond substituents is 2. The zero-order chi connectivity index (χ0) is 45.6. The first-order valence-corrected chi connectivity index (χ1v) is 22.3. The zero-order valence-electron chi connectivity index (χ0n) is 39.5. The van der Waals surface area contributed by atoms with Gasteiger partial charge in [-0.3, -0.25) is 4.98 Å². The second-order valence-electron chi connectivity index (χ2n) is 21.7. The molecule has 0 unspecified atom stereocenters. The van der Waals surface area contributed by atoms with Crippen LogP contribution in [0.2, 0.25) is 0 Å². The summed E-state index contributed by atoms with van der Waals surface area (Å²) < 4.78 is 14.8. The van der Waals surface area contributed by atoms with Gasteiger partial charge in [0.15, 0.2) is 12.4 Å². The van der Waals surface area contributed by atoms with Crippen LogP contribution in [0, 0.1) is 5.21 Å². The van der Waals surface area contributed by atoms with Crippen LogP contribution in [0.1, 0.15) is 161 Å². The lowest BCUT2D eigenvalue weighted by Crippen LogP contribution is -2.23. The molecule has 2 N–H and O–H groups in total. The van der Waals surface area contributed by atoms with E-state index in [1.807, 2.05) is 12.1 Å². The molecule has 63 heavy (non-hydrogen) atoms. The Labute approximate surface area is 375 Å². The summed E-state index contributed by atoms with van der Waals surface area (Å²) in [4.78, 5) is 4.25. The van der Waals surface area contributed by atoms with Crippen LogP contribution in [-0.2, 0) is 60.6 Å². The third kappa shape index (κ3) is 10.4. The molecule has 0 saturated heterocycles. The van der Waals surface area contributed by atoms with Gasteiger partial charge in [0, 0.05) is 55.8 Å². The van der Waals surface area contributed by atoms with Gasteiger partial charge >= 0.3 is 0 Å². The minimum absolute atomic E-state index is 0.205. The highest BCUT2D eigenvalue weighted by Crippen LogP contribution is 2.44. The lowest BCUT2D eigenvalue weighted by Gasteiger charge is -2.28. The number of nitrogens with zero attached hydrogens (tertiary/aromatic N) is 2. The van der Waals surface area contributed by atoms with Crippen LogP contribution in [0.15, 0.2) is 97.6 Å². The molecule has 8 bridgehead atoms. The number of fused-ring (bicyclic) bond motifs is 8. The van der Waals surface area contributed by atoms with E-state index in [1.54, 1.807) is 24.5 Å². The highest BCUT2D eigenvalue weighted by Gasteiger charge is 2.29. The van der Waals surface area contributed by atoms with Crippen LogP contribution in [0.3, 0.4) is 0 Å². The number of aromatic nitrogens is 2. The number of pyridine rings is 2. The van der Waals surface area contributed by atoms with E-state index < -0.39 is 0 Å². The van der Waals surface area contributed by atoms with Gasteiger partial charge in [0.05, 0.1) is 0 Å². The topological polar surface area (TPSA) is 98.8 Å². The first-order valence-electron chi connectivity index (χ1n) is 22.3. The Hall–Kier alpha value is -5.82. The van der Waals surface area contributed by atoms with Gasteiger partial charge in [-0.2, -0.15) is 4.73 Å². The molecular formula is C56H66N2O5. The second-order valence-corrected chi connectivity index (χ2v) is 21.7. The van der Waals surface area contributed by atoms with Crippen LogP contribution >= 0.6 is 0 Å². The molecule has 7 heteroatoms. The van der Waals surface area contributed by atoms with E-state index in [9.17, 15) is 15.4 Å². The van der Waals surface area contributed by atoms with Gasteiger partial charge < -0.3 is 24.9 Å². The Morgan fingerprint density at radius 2 is 0.730 bits per heavy atom. The van der Waals surface area contributed by atoms with E-state index in [0.29, 0.717) is 32.3 Å². The fourth-order valence-corrected chi connectivity index (χ4v) is 8.35. The van der Waals surface area contributed by atoms with Crippen LogP contribution < -0.4 is 14.2 Å². The van der Waals surface area contributed by atoms with Gasteiger partial charge in [-0.05, 0) is 106 Å². The second kappa shape index (κ2) is 17.0. The largest absolute Gasteiger partial charge is 0.619 e. The van der Waals surface area contributed by atoms with Crippen LogP contribution in [0.5, 0.6) is 23.0 Å². The van der Waals surface area contributed by atoms with Crippen molar-refractivity contribution in [3.8, 4) is 23.0 Å². The molecule has 7 rings (SSSR count). The lowest BCUT2D eigenvalue weighted by molar-refractivity contribution is -0.605. The molecule has 7 nitrogen and oxygen atoms in total. The van der Waals surface area contributed by atoms with Crippen molar-refractivity contribution in [3.05, 3.63) is 181 Å². The molecule has 1 aliphatic rings. The van der Waals surface area contributed by atoms with Crippen molar-refractivity contribution < 1.29 is 24.4 Å². The summed E-state index contributed by atoms with van der Waals surface area (Å²) >= 11 is 0. The summed E-state index contributed by atoms with van der Waals surface area (Å²) in [5.41, 5.74) is 12.6. The number of ether oxygens (including phenoxy) is 2. The zero-order valence-corrected chi connectivity index (χ0v) is 39.5. The van der Waals surface area contributed by atoms with Crippen molar-refractivity contribution in [2.75, 3.05) is 0 Å². The summed E-state index contributed by atoms with van der Waals surface area (Å²) in [6, 6.07) is 25.1. The number of phenols is 2.